The van der Waals surface area contributed by atoms with E-state index in [0.29, 0.717) is 4.90 Å². The fraction of sp³-hybridized carbons (Fsp3) is 0. The van der Waals surface area contributed by atoms with E-state index < -0.39 is 17.4 Å². The van der Waals surface area contributed by atoms with Gasteiger partial charge in [0.15, 0.2) is 5.78 Å². The van der Waals surface area contributed by atoms with Crippen LogP contribution in [0.5, 0.6) is 0 Å². The Bertz CT molecular complexity index is 564. The summed E-state index contributed by atoms with van der Waals surface area (Å²) in [5, 5.41) is 0. The Labute approximate surface area is 103 Å². The lowest BCUT2D eigenvalue weighted by Crippen LogP contribution is -2.04. The van der Waals surface area contributed by atoms with Gasteiger partial charge in [0.1, 0.15) is 11.6 Å². The molecule has 4 heteroatoms. The topological polar surface area (TPSA) is 17.1 Å². The van der Waals surface area contributed by atoms with Crippen molar-refractivity contribution in [1.29, 1.82) is 0 Å². The first-order valence-corrected chi connectivity index (χ1v) is 5.31. The second kappa shape index (κ2) is 4.67. The van der Waals surface area contributed by atoms with E-state index in [9.17, 15) is 13.6 Å². The van der Waals surface area contributed by atoms with Crippen LogP contribution in [0.2, 0.25) is 0 Å². The van der Waals surface area contributed by atoms with Gasteiger partial charge < -0.3 is 0 Å². The van der Waals surface area contributed by atoms with Crippen molar-refractivity contribution >= 4 is 18.4 Å². The second-order valence-electron chi connectivity index (χ2n) is 3.50. The molecule has 0 fully saturated rings. The number of rotatable bonds is 2. The molecule has 2 rings (SSSR count). The van der Waals surface area contributed by atoms with Gasteiger partial charge in [-0.15, -0.1) is 12.6 Å². The summed E-state index contributed by atoms with van der Waals surface area (Å²) in [6.07, 6.45) is 0. The summed E-state index contributed by atoms with van der Waals surface area (Å²) in [5.74, 6) is -1.55. The quantitative estimate of drug-likeness (QED) is 0.637. The van der Waals surface area contributed by atoms with E-state index in [2.05, 4.69) is 12.6 Å². The number of thiol groups is 1. The molecule has 0 aliphatic rings. The SMILES string of the molecule is O=C(c1ccc(F)cc1)c1ccc(S)cc1F. The molecule has 17 heavy (non-hydrogen) atoms. The third kappa shape index (κ3) is 2.53. The highest BCUT2D eigenvalue weighted by Gasteiger charge is 2.13. The van der Waals surface area contributed by atoms with Gasteiger partial charge in [-0.25, -0.2) is 8.78 Å². The Kier molecular flexibility index (Phi) is 3.24. The largest absolute Gasteiger partial charge is 0.288 e. The predicted molar refractivity (Wildman–Crippen MR) is 63.5 cm³/mol. The molecule has 2 aromatic rings. The smallest absolute Gasteiger partial charge is 0.195 e. The highest BCUT2D eigenvalue weighted by atomic mass is 32.1. The van der Waals surface area contributed by atoms with E-state index in [1.54, 1.807) is 0 Å². The van der Waals surface area contributed by atoms with Gasteiger partial charge in [-0.2, -0.15) is 0 Å². The van der Waals surface area contributed by atoms with Crippen LogP contribution in [0.1, 0.15) is 15.9 Å². The van der Waals surface area contributed by atoms with Crippen LogP contribution in [0.25, 0.3) is 0 Å². The highest BCUT2D eigenvalue weighted by molar-refractivity contribution is 7.80. The molecule has 0 aliphatic carbocycles. The molecular weight excluding hydrogens is 242 g/mol. The molecule has 0 heterocycles. The maximum atomic E-state index is 13.5. The molecule has 0 spiro atoms. The van der Waals surface area contributed by atoms with Gasteiger partial charge in [0.25, 0.3) is 0 Å². The molecule has 2 aromatic carbocycles. The van der Waals surface area contributed by atoms with Crippen LogP contribution in [0.15, 0.2) is 47.4 Å². The molecule has 0 aliphatic heterocycles. The summed E-state index contributed by atoms with van der Waals surface area (Å²) in [7, 11) is 0. The fourth-order valence-electron chi connectivity index (χ4n) is 1.44. The Morgan fingerprint density at radius 1 is 1.00 bits per heavy atom. The number of benzene rings is 2. The first kappa shape index (κ1) is 11.8. The number of ketones is 1. The zero-order valence-corrected chi connectivity index (χ0v) is 9.55. The molecule has 0 bridgehead atoms. The zero-order chi connectivity index (χ0) is 12.4. The Hall–Kier alpha value is -1.68. The second-order valence-corrected chi connectivity index (χ2v) is 4.02. The molecule has 1 nitrogen and oxygen atoms in total. The van der Waals surface area contributed by atoms with Gasteiger partial charge in [0.2, 0.25) is 0 Å². The van der Waals surface area contributed by atoms with E-state index >= 15 is 0 Å². The summed E-state index contributed by atoms with van der Waals surface area (Å²) >= 11 is 3.97. The van der Waals surface area contributed by atoms with Crippen molar-refractivity contribution in [3.63, 3.8) is 0 Å². The van der Waals surface area contributed by atoms with Crippen molar-refractivity contribution in [2.45, 2.75) is 4.90 Å². The zero-order valence-electron chi connectivity index (χ0n) is 8.65. The predicted octanol–water partition coefficient (Wildman–Crippen LogP) is 3.48. The van der Waals surface area contributed by atoms with E-state index in [-0.39, 0.29) is 11.1 Å². The molecule has 0 amide bonds. The normalized spacial score (nSPS) is 10.3. The summed E-state index contributed by atoms with van der Waals surface area (Å²) in [4.78, 5) is 12.3. The first-order chi connectivity index (χ1) is 8.08. The van der Waals surface area contributed by atoms with Crippen molar-refractivity contribution in [1.82, 2.24) is 0 Å². The van der Waals surface area contributed by atoms with Gasteiger partial charge in [-0.1, -0.05) is 0 Å². The van der Waals surface area contributed by atoms with Gasteiger partial charge in [-0.3, -0.25) is 4.79 Å². The van der Waals surface area contributed by atoms with Crippen LogP contribution < -0.4 is 0 Å². The number of halogens is 2. The van der Waals surface area contributed by atoms with Crippen molar-refractivity contribution in [2.75, 3.05) is 0 Å². The standard InChI is InChI=1S/C13H8F2OS/c14-9-3-1-8(2-4-9)13(16)11-6-5-10(17)7-12(11)15/h1-7,17H. The summed E-state index contributed by atoms with van der Waals surface area (Å²) in [6.45, 7) is 0. The van der Waals surface area contributed by atoms with Crippen LogP contribution in [-0.4, -0.2) is 5.78 Å². The Balaban J connectivity index is 2.40. The number of hydrogen-bond acceptors (Lipinski definition) is 2. The lowest BCUT2D eigenvalue weighted by molar-refractivity contribution is 0.103. The lowest BCUT2D eigenvalue weighted by atomic mass is 10.0. The van der Waals surface area contributed by atoms with E-state index in [1.165, 1.54) is 30.3 Å². The molecule has 0 N–H and O–H groups in total. The number of carbonyl (C=O) groups excluding carboxylic acids is 1. The Morgan fingerprint density at radius 3 is 2.24 bits per heavy atom. The molecule has 0 saturated heterocycles. The minimum absolute atomic E-state index is 0.0468. The third-order valence-electron chi connectivity index (χ3n) is 2.30. The summed E-state index contributed by atoms with van der Waals surface area (Å²) in [6, 6.07) is 9.04. The molecule has 0 saturated carbocycles. The fourth-order valence-corrected chi connectivity index (χ4v) is 1.63. The lowest BCUT2D eigenvalue weighted by Gasteiger charge is -2.03. The van der Waals surface area contributed by atoms with Gasteiger partial charge >= 0.3 is 0 Å². The maximum absolute atomic E-state index is 13.5. The van der Waals surface area contributed by atoms with Gasteiger partial charge in [-0.05, 0) is 42.5 Å². The molecule has 0 atom stereocenters. The summed E-state index contributed by atoms with van der Waals surface area (Å²) in [5.41, 5.74) is 0.201. The van der Waals surface area contributed by atoms with Crippen LogP contribution in [0, 0.1) is 11.6 Å². The first-order valence-electron chi connectivity index (χ1n) is 4.87. The molecule has 0 aromatic heterocycles. The maximum Gasteiger partial charge on any atom is 0.195 e. The van der Waals surface area contributed by atoms with E-state index in [4.69, 9.17) is 0 Å². The van der Waals surface area contributed by atoms with Crippen LogP contribution >= 0.6 is 12.6 Å². The van der Waals surface area contributed by atoms with Crippen LogP contribution in [-0.2, 0) is 0 Å². The van der Waals surface area contributed by atoms with E-state index in [1.807, 2.05) is 0 Å². The number of hydrogen-bond donors (Lipinski definition) is 1. The highest BCUT2D eigenvalue weighted by Crippen LogP contribution is 2.17. The molecular formula is C13H8F2OS. The van der Waals surface area contributed by atoms with Crippen molar-refractivity contribution in [3.8, 4) is 0 Å². The molecule has 0 unspecified atom stereocenters. The van der Waals surface area contributed by atoms with E-state index in [0.717, 1.165) is 12.1 Å². The van der Waals surface area contributed by atoms with Crippen LogP contribution in [0.3, 0.4) is 0 Å². The van der Waals surface area contributed by atoms with Crippen molar-refractivity contribution in [2.24, 2.45) is 0 Å². The number of carbonyl (C=O) groups is 1. The average Bonchev–Trinajstić information content (AvgIpc) is 2.29. The third-order valence-corrected chi connectivity index (χ3v) is 2.58. The van der Waals surface area contributed by atoms with Crippen LogP contribution in [0.4, 0.5) is 8.78 Å². The Morgan fingerprint density at radius 2 is 1.65 bits per heavy atom. The molecule has 86 valence electrons. The molecule has 0 radical (unpaired) electrons. The monoisotopic (exact) mass is 250 g/mol. The van der Waals surface area contributed by atoms with Gasteiger partial charge in [0, 0.05) is 10.5 Å². The van der Waals surface area contributed by atoms with Gasteiger partial charge in [0.05, 0.1) is 5.56 Å². The van der Waals surface area contributed by atoms with Crippen molar-refractivity contribution in [3.05, 3.63) is 65.2 Å². The minimum Gasteiger partial charge on any atom is -0.288 e. The van der Waals surface area contributed by atoms with Crippen molar-refractivity contribution < 1.29 is 13.6 Å². The minimum atomic E-state index is -0.633. The summed E-state index contributed by atoms with van der Waals surface area (Å²) < 4.78 is 26.2. The average molecular weight is 250 g/mol.